The quantitative estimate of drug-likeness (QED) is 0.660. The average molecular weight is 480 g/mol. The number of amides is 3. The molecule has 1 unspecified atom stereocenters. The van der Waals surface area contributed by atoms with E-state index in [4.69, 9.17) is 9.47 Å². The summed E-state index contributed by atoms with van der Waals surface area (Å²) in [5, 5.41) is 3.02. The number of ether oxygens (including phenoxy) is 2. The lowest BCUT2D eigenvalue weighted by atomic mass is 9.88. The maximum absolute atomic E-state index is 13.4. The van der Waals surface area contributed by atoms with Gasteiger partial charge in [0.05, 0.1) is 14.2 Å². The Balaban J connectivity index is 1.43. The average Bonchev–Trinajstić information content (AvgIpc) is 3.46. The molecule has 1 N–H and O–H groups in total. The van der Waals surface area contributed by atoms with Crippen LogP contribution >= 0.6 is 0 Å². The molecule has 0 saturated carbocycles. The van der Waals surface area contributed by atoms with Crippen molar-refractivity contribution < 1.29 is 23.9 Å². The van der Waals surface area contributed by atoms with Gasteiger partial charge in [-0.25, -0.2) is 0 Å². The third-order valence-corrected chi connectivity index (χ3v) is 6.96. The molecule has 8 heteroatoms. The van der Waals surface area contributed by atoms with Crippen LogP contribution in [0.5, 0.6) is 11.5 Å². The molecule has 0 bridgehead atoms. The zero-order valence-corrected chi connectivity index (χ0v) is 20.4. The predicted molar refractivity (Wildman–Crippen MR) is 132 cm³/mol. The Labute approximate surface area is 206 Å². The number of likely N-dealkylation sites (tertiary alicyclic amines) is 2. The molecular formula is C27H33N3O5. The molecule has 1 atom stereocenters. The number of carbonyl (C=O) groups excluding carboxylic acids is 3. The summed E-state index contributed by atoms with van der Waals surface area (Å²) in [7, 11) is 3.17. The molecule has 2 aliphatic heterocycles. The summed E-state index contributed by atoms with van der Waals surface area (Å²) in [6, 6.07) is 13.3. The summed E-state index contributed by atoms with van der Waals surface area (Å²) in [5.41, 5.74) is 1.10. The molecule has 186 valence electrons. The van der Waals surface area contributed by atoms with Gasteiger partial charge in [-0.15, -0.1) is 0 Å². The number of piperidine rings is 1. The Morgan fingerprint density at radius 2 is 1.29 bits per heavy atom. The van der Waals surface area contributed by atoms with Gasteiger partial charge in [0, 0.05) is 37.3 Å². The van der Waals surface area contributed by atoms with Crippen LogP contribution in [0.4, 0.5) is 0 Å². The standard InChI is InChI=1S/C27H33N3O5/c1-34-22-9-5-20(6-10-22)25(31)28-24(27(33)29-15-3-4-16-29)19-13-17-30(18-14-19)26(32)21-7-11-23(35-2)12-8-21/h5-12,19,24H,3-4,13-18H2,1-2H3,(H,28,31). The van der Waals surface area contributed by atoms with E-state index >= 15 is 0 Å². The van der Waals surface area contributed by atoms with Crippen molar-refractivity contribution in [2.75, 3.05) is 40.4 Å². The zero-order chi connectivity index (χ0) is 24.8. The molecule has 35 heavy (non-hydrogen) atoms. The van der Waals surface area contributed by atoms with Crippen molar-refractivity contribution in [1.82, 2.24) is 15.1 Å². The fourth-order valence-corrected chi connectivity index (χ4v) is 4.83. The van der Waals surface area contributed by atoms with Gasteiger partial charge in [-0.2, -0.15) is 0 Å². The summed E-state index contributed by atoms with van der Waals surface area (Å²) >= 11 is 0. The first-order valence-corrected chi connectivity index (χ1v) is 12.2. The second kappa shape index (κ2) is 11.3. The van der Waals surface area contributed by atoms with Gasteiger partial charge >= 0.3 is 0 Å². The van der Waals surface area contributed by atoms with E-state index in [-0.39, 0.29) is 23.6 Å². The molecule has 3 amide bonds. The second-order valence-corrected chi connectivity index (χ2v) is 9.07. The van der Waals surface area contributed by atoms with Crippen LogP contribution in [-0.4, -0.2) is 74.0 Å². The fourth-order valence-electron chi connectivity index (χ4n) is 4.83. The first kappa shape index (κ1) is 24.6. The van der Waals surface area contributed by atoms with Crippen LogP contribution in [-0.2, 0) is 4.79 Å². The molecule has 2 aromatic carbocycles. The number of nitrogens with one attached hydrogen (secondary N) is 1. The Morgan fingerprint density at radius 1 is 0.771 bits per heavy atom. The number of hydrogen-bond donors (Lipinski definition) is 1. The minimum atomic E-state index is -0.610. The Morgan fingerprint density at radius 3 is 1.80 bits per heavy atom. The molecule has 0 aliphatic carbocycles. The van der Waals surface area contributed by atoms with E-state index in [1.807, 2.05) is 9.80 Å². The van der Waals surface area contributed by atoms with Gasteiger partial charge in [-0.1, -0.05) is 0 Å². The van der Waals surface area contributed by atoms with E-state index < -0.39 is 6.04 Å². The van der Waals surface area contributed by atoms with Gasteiger partial charge in [0.2, 0.25) is 5.91 Å². The molecule has 2 saturated heterocycles. The highest BCUT2D eigenvalue weighted by Gasteiger charge is 2.37. The van der Waals surface area contributed by atoms with E-state index in [1.165, 1.54) is 0 Å². The van der Waals surface area contributed by atoms with Crippen LogP contribution in [0.15, 0.2) is 48.5 Å². The Hall–Kier alpha value is -3.55. The monoisotopic (exact) mass is 479 g/mol. The third kappa shape index (κ3) is 5.75. The highest BCUT2D eigenvalue weighted by molar-refractivity contribution is 5.98. The topological polar surface area (TPSA) is 88.2 Å². The smallest absolute Gasteiger partial charge is 0.253 e. The van der Waals surface area contributed by atoms with Gasteiger partial charge in [0.15, 0.2) is 0 Å². The number of benzene rings is 2. The summed E-state index contributed by atoms with van der Waals surface area (Å²) < 4.78 is 10.3. The minimum Gasteiger partial charge on any atom is -0.497 e. The van der Waals surface area contributed by atoms with Gasteiger partial charge in [-0.3, -0.25) is 14.4 Å². The van der Waals surface area contributed by atoms with Crippen molar-refractivity contribution >= 4 is 17.7 Å². The van der Waals surface area contributed by atoms with E-state index in [0.717, 1.165) is 25.9 Å². The first-order chi connectivity index (χ1) is 17.0. The number of nitrogens with zero attached hydrogens (tertiary/aromatic N) is 2. The highest BCUT2D eigenvalue weighted by atomic mass is 16.5. The maximum atomic E-state index is 13.4. The lowest BCUT2D eigenvalue weighted by molar-refractivity contribution is -0.134. The van der Waals surface area contributed by atoms with Crippen molar-refractivity contribution in [3.05, 3.63) is 59.7 Å². The highest BCUT2D eigenvalue weighted by Crippen LogP contribution is 2.25. The van der Waals surface area contributed by atoms with Gasteiger partial charge in [-0.05, 0) is 80.1 Å². The van der Waals surface area contributed by atoms with Gasteiger partial charge < -0.3 is 24.6 Å². The van der Waals surface area contributed by atoms with E-state index in [9.17, 15) is 14.4 Å². The largest absolute Gasteiger partial charge is 0.497 e. The van der Waals surface area contributed by atoms with Crippen LogP contribution < -0.4 is 14.8 Å². The molecule has 0 aromatic heterocycles. The maximum Gasteiger partial charge on any atom is 0.253 e. The van der Waals surface area contributed by atoms with E-state index in [0.29, 0.717) is 48.6 Å². The normalized spacial score (nSPS) is 17.1. The number of rotatable bonds is 7. The Bertz CT molecular complexity index is 1020. The van der Waals surface area contributed by atoms with Crippen molar-refractivity contribution in [2.24, 2.45) is 5.92 Å². The molecule has 8 nitrogen and oxygen atoms in total. The molecule has 0 radical (unpaired) electrons. The first-order valence-electron chi connectivity index (χ1n) is 12.2. The SMILES string of the molecule is COc1ccc(C(=O)NC(C(=O)N2CCCC2)C2CCN(C(=O)c3ccc(OC)cc3)CC2)cc1. The van der Waals surface area contributed by atoms with Crippen LogP contribution in [0.25, 0.3) is 0 Å². The minimum absolute atomic E-state index is 0.0238. The van der Waals surface area contributed by atoms with Gasteiger partial charge in [0.1, 0.15) is 17.5 Å². The predicted octanol–water partition coefficient (Wildman–Crippen LogP) is 2.98. The zero-order valence-electron chi connectivity index (χ0n) is 20.4. The van der Waals surface area contributed by atoms with Crippen LogP contribution in [0, 0.1) is 5.92 Å². The van der Waals surface area contributed by atoms with E-state index in [2.05, 4.69) is 5.32 Å². The summed E-state index contributed by atoms with van der Waals surface area (Å²) in [6.45, 7) is 2.53. The number of hydrogen-bond acceptors (Lipinski definition) is 5. The molecule has 2 fully saturated rings. The molecule has 4 rings (SSSR count). The fraction of sp³-hybridized carbons (Fsp3) is 0.444. The summed E-state index contributed by atoms with van der Waals surface area (Å²) in [4.78, 5) is 43.1. The molecule has 2 aromatic rings. The summed E-state index contributed by atoms with van der Waals surface area (Å²) in [5.74, 6) is 1.00. The van der Waals surface area contributed by atoms with Crippen molar-refractivity contribution in [1.29, 1.82) is 0 Å². The lowest BCUT2D eigenvalue weighted by Gasteiger charge is -2.37. The van der Waals surface area contributed by atoms with Crippen LogP contribution in [0.2, 0.25) is 0 Å². The number of methoxy groups -OCH3 is 2. The van der Waals surface area contributed by atoms with Crippen molar-refractivity contribution in [3.8, 4) is 11.5 Å². The molecule has 0 spiro atoms. The molecule has 2 aliphatic rings. The second-order valence-electron chi connectivity index (χ2n) is 9.07. The van der Waals surface area contributed by atoms with Crippen molar-refractivity contribution in [3.63, 3.8) is 0 Å². The van der Waals surface area contributed by atoms with Crippen LogP contribution in [0.1, 0.15) is 46.4 Å². The van der Waals surface area contributed by atoms with Gasteiger partial charge in [0.25, 0.3) is 11.8 Å². The third-order valence-electron chi connectivity index (χ3n) is 6.96. The molecule has 2 heterocycles. The lowest BCUT2D eigenvalue weighted by Crippen LogP contribution is -2.54. The molecular weight excluding hydrogens is 446 g/mol. The van der Waals surface area contributed by atoms with Crippen molar-refractivity contribution in [2.45, 2.75) is 31.7 Å². The number of carbonyl (C=O) groups is 3. The Kier molecular flexibility index (Phi) is 7.90. The van der Waals surface area contributed by atoms with E-state index in [1.54, 1.807) is 62.8 Å². The summed E-state index contributed by atoms with van der Waals surface area (Å²) in [6.07, 6.45) is 3.27. The van der Waals surface area contributed by atoms with Crippen LogP contribution in [0.3, 0.4) is 0 Å².